The molecule has 2 amide bonds. The van der Waals surface area contributed by atoms with Crippen LogP contribution in [-0.4, -0.2) is 29.8 Å². The van der Waals surface area contributed by atoms with E-state index in [1.807, 2.05) is 30.3 Å². The molecule has 1 aliphatic rings. The summed E-state index contributed by atoms with van der Waals surface area (Å²) >= 11 is 12.2. The van der Waals surface area contributed by atoms with Crippen molar-refractivity contribution < 1.29 is 9.59 Å². The molecule has 0 bridgehead atoms. The maximum Gasteiger partial charge on any atom is 0.255 e. The lowest BCUT2D eigenvalue weighted by Gasteiger charge is -2.32. The number of para-hydroxylation sites is 1. The summed E-state index contributed by atoms with van der Waals surface area (Å²) in [6.07, 6.45) is 1.53. The Kier molecular flexibility index (Phi) is 5.61. The van der Waals surface area contributed by atoms with Crippen molar-refractivity contribution in [3.63, 3.8) is 0 Å². The summed E-state index contributed by atoms with van der Waals surface area (Å²) in [5.74, 6) is -0.499. The molecule has 0 saturated carbocycles. The zero-order valence-corrected chi connectivity index (χ0v) is 15.1. The number of carbonyl (C=O) groups excluding carboxylic acids is 2. The van der Waals surface area contributed by atoms with Gasteiger partial charge in [-0.3, -0.25) is 9.59 Å². The second kappa shape index (κ2) is 7.89. The van der Waals surface area contributed by atoms with E-state index in [1.165, 1.54) is 0 Å². The highest BCUT2D eigenvalue weighted by atomic mass is 35.5. The van der Waals surface area contributed by atoms with Gasteiger partial charge in [-0.05, 0) is 37.1 Å². The molecule has 2 aromatic rings. The lowest BCUT2D eigenvalue weighted by molar-refractivity contribution is -0.121. The van der Waals surface area contributed by atoms with Crippen LogP contribution in [0.25, 0.3) is 0 Å². The van der Waals surface area contributed by atoms with Crippen molar-refractivity contribution in [3.05, 3.63) is 64.1 Å². The van der Waals surface area contributed by atoms with Crippen molar-refractivity contribution in [1.29, 1.82) is 0 Å². The molecule has 25 heavy (non-hydrogen) atoms. The van der Waals surface area contributed by atoms with Gasteiger partial charge < -0.3 is 10.2 Å². The van der Waals surface area contributed by atoms with Gasteiger partial charge in [-0.2, -0.15) is 0 Å². The lowest BCUT2D eigenvalue weighted by Crippen LogP contribution is -2.43. The quantitative estimate of drug-likeness (QED) is 0.857. The summed E-state index contributed by atoms with van der Waals surface area (Å²) in [7, 11) is 0. The average molecular weight is 377 g/mol. The molecule has 1 aliphatic heterocycles. The number of amides is 2. The van der Waals surface area contributed by atoms with Crippen LogP contribution in [0, 0.1) is 5.92 Å². The third-order valence-electron chi connectivity index (χ3n) is 4.30. The molecule has 3 rings (SSSR count). The topological polar surface area (TPSA) is 49.4 Å². The minimum atomic E-state index is -0.240. The van der Waals surface area contributed by atoms with Gasteiger partial charge in [0, 0.05) is 18.8 Å². The maximum atomic E-state index is 12.8. The van der Waals surface area contributed by atoms with Gasteiger partial charge in [0.2, 0.25) is 5.91 Å². The van der Waals surface area contributed by atoms with Crippen molar-refractivity contribution in [3.8, 4) is 0 Å². The standard InChI is InChI=1S/C19H18Cl2N2O2/c20-16-10-4-9-15(17(16)21)19(25)23-11-5-6-13(12-23)18(24)22-14-7-2-1-3-8-14/h1-4,7-10,13H,5-6,11-12H2,(H,22,24). The Morgan fingerprint density at radius 3 is 2.56 bits per heavy atom. The van der Waals surface area contributed by atoms with E-state index >= 15 is 0 Å². The minimum absolute atomic E-state index is 0.0686. The fraction of sp³-hybridized carbons (Fsp3) is 0.263. The van der Waals surface area contributed by atoms with Crippen LogP contribution >= 0.6 is 23.2 Å². The molecule has 0 aliphatic carbocycles. The Morgan fingerprint density at radius 2 is 1.80 bits per heavy atom. The number of benzene rings is 2. The Bertz CT molecular complexity index is 780. The number of hydrogen-bond donors (Lipinski definition) is 1. The van der Waals surface area contributed by atoms with Gasteiger partial charge in [0.05, 0.1) is 21.5 Å². The number of nitrogens with one attached hydrogen (secondary N) is 1. The van der Waals surface area contributed by atoms with Crippen LogP contribution in [0.3, 0.4) is 0 Å². The van der Waals surface area contributed by atoms with Gasteiger partial charge >= 0.3 is 0 Å². The number of anilines is 1. The van der Waals surface area contributed by atoms with E-state index in [0.717, 1.165) is 18.5 Å². The van der Waals surface area contributed by atoms with Gasteiger partial charge in [0.25, 0.3) is 5.91 Å². The van der Waals surface area contributed by atoms with Gasteiger partial charge in [-0.15, -0.1) is 0 Å². The molecule has 0 aromatic heterocycles. The SMILES string of the molecule is O=C(Nc1ccccc1)C1CCCN(C(=O)c2cccc(Cl)c2Cl)C1. The van der Waals surface area contributed by atoms with Crippen LogP contribution in [0.1, 0.15) is 23.2 Å². The molecule has 0 spiro atoms. The van der Waals surface area contributed by atoms with E-state index in [4.69, 9.17) is 23.2 Å². The number of nitrogens with zero attached hydrogens (tertiary/aromatic N) is 1. The van der Waals surface area contributed by atoms with Crippen LogP contribution in [-0.2, 0) is 4.79 Å². The van der Waals surface area contributed by atoms with Crippen LogP contribution in [0.2, 0.25) is 10.0 Å². The van der Waals surface area contributed by atoms with Crippen LogP contribution in [0.5, 0.6) is 0 Å². The lowest BCUT2D eigenvalue weighted by atomic mass is 9.96. The predicted octanol–water partition coefficient (Wildman–Crippen LogP) is 4.48. The first-order valence-corrected chi connectivity index (χ1v) is 8.91. The number of hydrogen-bond acceptors (Lipinski definition) is 2. The first-order chi connectivity index (χ1) is 12.1. The Labute approximate surface area is 156 Å². The van der Waals surface area contributed by atoms with Gasteiger partial charge in [0.15, 0.2) is 0 Å². The summed E-state index contributed by atoms with van der Waals surface area (Å²) in [6.45, 7) is 0.983. The maximum absolute atomic E-state index is 12.8. The van der Waals surface area contributed by atoms with E-state index in [9.17, 15) is 9.59 Å². The van der Waals surface area contributed by atoms with Gasteiger partial charge in [0.1, 0.15) is 0 Å². The fourth-order valence-corrected chi connectivity index (χ4v) is 3.36. The zero-order valence-electron chi connectivity index (χ0n) is 13.5. The summed E-state index contributed by atoms with van der Waals surface area (Å²) in [6, 6.07) is 14.3. The van der Waals surface area contributed by atoms with Gasteiger partial charge in [-0.25, -0.2) is 0 Å². The second-order valence-electron chi connectivity index (χ2n) is 6.05. The molecule has 2 aromatic carbocycles. The minimum Gasteiger partial charge on any atom is -0.338 e. The molecule has 0 radical (unpaired) electrons. The third-order valence-corrected chi connectivity index (χ3v) is 5.12. The Morgan fingerprint density at radius 1 is 1.04 bits per heavy atom. The molecule has 1 N–H and O–H groups in total. The van der Waals surface area contributed by atoms with Crippen molar-refractivity contribution in [2.24, 2.45) is 5.92 Å². The first-order valence-electron chi connectivity index (χ1n) is 8.15. The summed E-state index contributed by atoms with van der Waals surface area (Å²) in [5.41, 5.74) is 1.13. The number of piperidine rings is 1. The van der Waals surface area contributed by atoms with Gasteiger partial charge in [-0.1, -0.05) is 47.5 Å². The van der Waals surface area contributed by atoms with Crippen molar-refractivity contribution in [1.82, 2.24) is 4.90 Å². The van der Waals surface area contributed by atoms with Crippen LogP contribution < -0.4 is 5.32 Å². The molecule has 4 nitrogen and oxygen atoms in total. The molecule has 1 unspecified atom stereocenters. The van der Waals surface area contributed by atoms with E-state index in [1.54, 1.807) is 23.1 Å². The highest BCUT2D eigenvalue weighted by molar-refractivity contribution is 6.43. The van der Waals surface area contributed by atoms with E-state index in [-0.39, 0.29) is 22.8 Å². The molecular formula is C19H18Cl2N2O2. The highest BCUT2D eigenvalue weighted by Gasteiger charge is 2.30. The summed E-state index contributed by atoms with van der Waals surface area (Å²) in [4.78, 5) is 26.9. The second-order valence-corrected chi connectivity index (χ2v) is 6.83. The molecule has 1 atom stereocenters. The fourth-order valence-electron chi connectivity index (χ4n) is 2.98. The Hall–Kier alpha value is -2.04. The number of carbonyl (C=O) groups is 2. The normalized spacial score (nSPS) is 17.2. The summed E-state index contributed by atoms with van der Waals surface area (Å²) < 4.78 is 0. The monoisotopic (exact) mass is 376 g/mol. The summed E-state index contributed by atoms with van der Waals surface area (Å²) in [5, 5.41) is 3.51. The number of rotatable bonds is 3. The molecule has 1 saturated heterocycles. The Balaban J connectivity index is 1.69. The van der Waals surface area contributed by atoms with E-state index in [2.05, 4.69) is 5.32 Å². The molecule has 1 heterocycles. The molecule has 130 valence electrons. The molecule has 6 heteroatoms. The largest absolute Gasteiger partial charge is 0.338 e. The van der Waals surface area contributed by atoms with Crippen molar-refractivity contribution >= 4 is 40.7 Å². The van der Waals surface area contributed by atoms with Crippen LogP contribution in [0.4, 0.5) is 5.69 Å². The van der Waals surface area contributed by atoms with Crippen molar-refractivity contribution in [2.45, 2.75) is 12.8 Å². The average Bonchev–Trinajstić information content (AvgIpc) is 2.64. The van der Waals surface area contributed by atoms with Crippen LogP contribution in [0.15, 0.2) is 48.5 Å². The van der Waals surface area contributed by atoms with E-state index in [0.29, 0.717) is 23.7 Å². The highest BCUT2D eigenvalue weighted by Crippen LogP contribution is 2.28. The third kappa shape index (κ3) is 4.14. The van der Waals surface area contributed by atoms with E-state index < -0.39 is 0 Å². The number of halogens is 2. The first kappa shape index (κ1) is 17.8. The molecular weight excluding hydrogens is 359 g/mol. The zero-order chi connectivity index (χ0) is 17.8. The predicted molar refractivity (Wildman–Crippen MR) is 100 cm³/mol. The molecule has 1 fully saturated rings. The van der Waals surface area contributed by atoms with Crippen molar-refractivity contribution in [2.75, 3.05) is 18.4 Å². The number of likely N-dealkylation sites (tertiary alicyclic amines) is 1. The smallest absolute Gasteiger partial charge is 0.255 e.